The second kappa shape index (κ2) is 8.32. The number of carboxylic acid groups (broad SMARTS) is 1. The van der Waals surface area contributed by atoms with E-state index in [1.165, 1.54) is 17.6 Å². The van der Waals surface area contributed by atoms with Crippen LogP contribution < -0.4 is 11.1 Å². The lowest BCUT2D eigenvalue weighted by Gasteiger charge is -2.29. The maximum atomic E-state index is 12.3. The molecule has 3 rings (SSSR count). The molecule has 0 fully saturated rings. The Morgan fingerprint density at radius 1 is 1.36 bits per heavy atom. The maximum absolute atomic E-state index is 12.3. The average Bonchev–Trinajstić information content (AvgIpc) is 3.09. The number of hydrogen-bond acceptors (Lipinski definition) is 7. The number of thiazole rings is 1. The number of rotatable bonds is 7. The standard InChI is InChI=1S/C19H20N4O4S/c1-12-15(28-11-22-12)7-8-27-19(18(25)26)9-14(20)16(21-10-19)23-17(24)13-5-3-2-4-6-13/h2-6,10-11H,7-9,20H2,1H3,(H,23,24)(H,25,26). The number of hydrogen-bond donors (Lipinski definition) is 3. The number of aromatic nitrogens is 1. The highest BCUT2D eigenvalue weighted by molar-refractivity contribution is 7.09. The third-order valence-electron chi connectivity index (χ3n) is 4.32. The molecular formula is C19H20N4O4S. The lowest BCUT2D eigenvalue weighted by atomic mass is 9.96. The molecule has 4 N–H and O–H groups in total. The Labute approximate surface area is 165 Å². The predicted molar refractivity (Wildman–Crippen MR) is 105 cm³/mol. The van der Waals surface area contributed by atoms with Gasteiger partial charge in [0.25, 0.3) is 5.91 Å². The molecule has 0 radical (unpaired) electrons. The Morgan fingerprint density at radius 3 is 2.71 bits per heavy atom. The third kappa shape index (κ3) is 4.26. The summed E-state index contributed by atoms with van der Waals surface area (Å²) in [6, 6.07) is 8.60. The first-order valence-electron chi connectivity index (χ1n) is 8.58. The van der Waals surface area contributed by atoms with Crippen molar-refractivity contribution in [2.24, 2.45) is 10.7 Å². The van der Waals surface area contributed by atoms with E-state index in [1.807, 2.05) is 6.92 Å². The number of aliphatic carboxylic acids is 1. The minimum atomic E-state index is -1.66. The van der Waals surface area contributed by atoms with E-state index in [2.05, 4.69) is 15.3 Å². The molecule has 28 heavy (non-hydrogen) atoms. The van der Waals surface area contributed by atoms with E-state index in [0.717, 1.165) is 10.6 Å². The molecule has 0 bridgehead atoms. The van der Waals surface area contributed by atoms with Crippen LogP contribution in [0.1, 0.15) is 27.3 Å². The summed E-state index contributed by atoms with van der Waals surface area (Å²) in [5.74, 6) is -1.43. The molecule has 146 valence electrons. The maximum Gasteiger partial charge on any atom is 0.342 e. The van der Waals surface area contributed by atoms with Crippen molar-refractivity contribution >= 4 is 29.4 Å². The number of carbonyl (C=O) groups is 2. The first-order chi connectivity index (χ1) is 13.4. The fourth-order valence-corrected chi connectivity index (χ4v) is 3.48. The van der Waals surface area contributed by atoms with Gasteiger partial charge in [0.1, 0.15) is 0 Å². The first-order valence-corrected chi connectivity index (χ1v) is 9.46. The monoisotopic (exact) mass is 400 g/mol. The Balaban J connectivity index is 1.67. The van der Waals surface area contributed by atoms with Gasteiger partial charge < -0.3 is 20.9 Å². The van der Waals surface area contributed by atoms with Gasteiger partial charge in [0.15, 0.2) is 5.82 Å². The first kappa shape index (κ1) is 19.7. The molecule has 1 unspecified atom stereocenters. The van der Waals surface area contributed by atoms with Gasteiger partial charge in [-0.05, 0) is 19.1 Å². The van der Waals surface area contributed by atoms with Crippen LogP contribution in [0.2, 0.25) is 0 Å². The van der Waals surface area contributed by atoms with Crippen LogP contribution in [-0.4, -0.2) is 40.4 Å². The van der Waals surface area contributed by atoms with E-state index in [-0.39, 0.29) is 30.5 Å². The van der Waals surface area contributed by atoms with Crippen molar-refractivity contribution < 1.29 is 19.4 Å². The second-order valence-corrected chi connectivity index (χ2v) is 7.22. The van der Waals surface area contributed by atoms with E-state index >= 15 is 0 Å². The summed E-state index contributed by atoms with van der Waals surface area (Å²) in [7, 11) is 0. The highest BCUT2D eigenvalue weighted by atomic mass is 32.1. The summed E-state index contributed by atoms with van der Waals surface area (Å²) in [4.78, 5) is 33.4. The summed E-state index contributed by atoms with van der Waals surface area (Å²) in [5, 5.41) is 12.3. The Bertz CT molecular complexity index is 938. The van der Waals surface area contributed by atoms with Crippen LogP contribution in [0.4, 0.5) is 0 Å². The van der Waals surface area contributed by atoms with Crippen LogP contribution in [0.3, 0.4) is 0 Å². The van der Waals surface area contributed by atoms with Crippen molar-refractivity contribution in [1.82, 2.24) is 10.3 Å². The Kier molecular flexibility index (Phi) is 5.86. The van der Waals surface area contributed by atoms with Gasteiger partial charge in [-0.2, -0.15) is 0 Å². The van der Waals surface area contributed by atoms with Crippen molar-refractivity contribution in [3.05, 3.63) is 63.5 Å². The van der Waals surface area contributed by atoms with Crippen molar-refractivity contribution in [1.29, 1.82) is 0 Å². The number of benzene rings is 1. The zero-order chi connectivity index (χ0) is 20.1. The number of nitrogens with zero attached hydrogens (tertiary/aromatic N) is 2. The second-order valence-electron chi connectivity index (χ2n) is 6.28. The molecule has 0 spiro atoms. The van der Waals surface area contributed by atoms with Crippen molar-refractivity contribution in [3.63, 3.8) is 0 Å². The van der Waals surface area contributed by atoms with E-state index < -0.39 is 11.6 Å². The van der Waals surface area contributed by atoms with Gasteiger partial charge in [0, 0.05) is 23.3 Å². The molecule has 1 aliphatic heterocycles. The Hall–Kier alpha value is -3.04. The summed E-state index contributed by atoms with van der Waals surface area (Å²) in [6.07, 6.45) is 1.62. The third-order valence-corrected chi connectivity index (χ3v) is 5.32. The van der Waals surface area contributed by atoms with Gasteiger partial charge >= 0.3 is 5.97 Å². The van der Waals surface area contributed by atoms with Gasteiger partial charge in [-0.1, -0.05) is 18.2 Å². The van der Waals surface area contributed by atoms with E-state index in [4.69, 9.17) is 10.5 Å². The van der Waals surface area contributed by atoms with Crippen molar-refractivity contribution in [2.75, 3.05) is 6.61 Å². The van der Waals surface area contributed by atoms with E-state index in [1.54, 1.807) is 35.8 Å². The van der Waals surface area contributed by atoms with Gasteiger partial charge in [-0.15, -0.1) is 11.3 Å². The lowest BCUT2D eigenvalue weighted by Crippen LogP contribution is -2.47. The molecule has 1 aromatic carbocycles. The highest BCUT2D eigenvalue weighted by Crippen LogP contribution is 2.25. The van der Waals surface area contributed by atoms with Crippen molar-refractivity contribution in [3.8, 4) is 0 Å². The minimum absolute atomic E-state index is 0.113. The van der Waals surface area contributed by atoms with Crippen LogP contribution in [0.15, 0.2) is 52.4 Å². The number of carboxylic acids is 1. The summed E-state index contributed by atoms with van der Waals surface area (Å²) in [6.45, 7) is 2.07. The van der Waals surface area contributed by atoms with E-state index in [9.17, 15) is 14.7 Å². The topological polar surface area (TPSA) is 127 Å². The largest absolute Gasteiger partial charge is 0.479 e. The van der Waals surface area contributed by atoms with Gasteiger partial charge in [0.05, 0.1) is 29.7 Å². The molecule has 1 atom stereocenters. The molecule has 0 aliphatic carbocycles. The number of aryl methyl sites for hydroxylation is 1. The van der Waals surface area contributed by atoms with Gasteiger partial charge in [-0.3, -0.25) is 4.79 Å². The molecule has 1 aliphatic rings. The fraction of sp³-hybridized carbons (Fsp3) is 0.263. The highest BCUT2D eigenvalue weighted by Gasteiger charge is 2.41. The van der Waals surface area contributed by atoms with Crippen LogP contribution >= 0.6 is 11.3 Å². The number of carbonyl (C=O) groups excluding carboxylic acids is 1. The van der Waals surface area contributed by atoms with Crippen LogP contribution in [-0.2, 0) is 16.0 Å². The molecule has 0 saturated heterocycles. The Morgan fingerprint density at radius 2 is 2.11 bits per heavy atom. The number of amides is 1. The molecule has 1 amide bonds. The summed E-state index contributed by atoms with van der Waals surface area (Å²) >= 11 is 1.50. The normalized spacial score (nSPS) is 18.9. The molecule has 2 heterocycles. The van der Waals surface area contributed by atoms with Gasteiger partial charge in [0.2, 0.25) is 5.60 Å². The number of nitrogens with one attached hydrogen (secondary N) is 1. The quantitative estimate of drug-likeness (QED) is 0.651. The SMILES string of the molecule is Cc1ncsc1CCOC1(C(=O)O)C=NC(NC(=O)c2ccccc2)=C(N)C1. The van der Waals surface area contributed by atoms with E-state index in [0.29, 0.717) is 12.0 Å². The molecule has 9 heteroatoms. The number of nitrogens with two attached hydrogens (primary N) is 1. The average molecular weight is 400 g/mol. The lowest BCUT2D eigenvalue weighted by molar-refractivity contribution is -0.156. The molecule has 8 nitrogen and oxygen atoms in total. The summed E-state index contributed by atoms with van der Waals surface area (Å²) < 4.78 is 5.67. The molecule has 1 aromatic heterocycles. The summed E-state index contributed by atoms with van der Waals surface area (Å²) in [5.41, 5.74) is 7.58. The zero-order valence-corrected chi connectivity index (χ0v) is 16.0. The minimum Gasteiger partial charge on any atom is -0.479 e. The number of aliphatic imine (C=N–C) groups is 1. The number of ether oxygens (including phenoxy) is 1. The van der Waals surface area contributed by atoms with Gasteiger partial charge in [-0.25, -0.2) is 14.8 Å². The zero-order valence-electron chi connectivity index (χ0n) is 15.2. The van der Waals surface area contributed by atoms with Crippen LogP contribution in [0, 0.1) is 6.92 Å². The fourth-order valence-electron chi connectivity index (χ4n) is 2.72. The predicted octanol–water partition coefficient (Wildman–Crippen LogP) is 1.87. The van der Waals surface area contributed by atoms with Crippen molar-refractivity contribution in [2.45, 2.75) is 25.4 Å². The van der Waals surface area contributed by atoms with Crippen LogP contribution in [0.5, 0.6) is 0 Å². The molecular weight excluding hydrogens is 380 g/mol. The molecule has 2 aromatic rings. The van der Waals surface area contributed by atoms with Crippen LogP contribution in [0.25, 0.3) is 0 Å². The molecule has 0 saturated carbocycles. The smallest absolute Gasteiger partial charge is 0.342 e.